The zero-order valence-corrected chi connectivity index (χ0v) is 8.95. The van der Waals surface area contributed by atoms with Gasteiger partial charge in [0.2, 0.25) is 0 Å². The molecule has 0 radical (unpaired) electrons. The predicted octanol–water partition coefficient (Wildman–Crippen LogP) is 0.134. The second-order valence-electron chi connectivity index (χ2n) is 3.88. The van der Waals surface area contributed by atoms with Crippen molar-refractivity contribution in [3.8, 4) is 0 Å². The normalized spacial score (nSPS) is 18.7. The van der Waals surface area contributed by atoms with E-state index in [0.717, 1.165) is 38.5 Å². The van der Waals surface area contributed by atoms with Gasteiger partial charge in [0.05, 0.1) is 5.69 Å². The van der Waals surface area contributed by atoms with E-state index in [1.807, 2.05) is 13.1 Å². The minimum absolute atomic E-state index is 1.03. The molecule has 1 aromatic rings. The summed E-state index contributed by atoms with van der Waals surface area (Å²) in [6, 6.07) is 0. The first kappa shape index (κ1) is 9.68. The number of hydrogen-bond acceptors (Lipinski definition) is 3. The molecule has 1 saturated heterocycles. The van der Waals surface area contributed by atoms with Gasteiger partial charge in [-0.15, -0.1) is 0 Å². The van der Waals surface area contributed by atoms with Crippen LogP contribution in [-0.2, 0) is 13.6 Å². The van der Waals surface area contributed by atoms with Gasteiger partial charge in [0.15, 0.2) is 0 Å². The Balaban J connectivity index is 1.99. The SMILES string of the molecule is Cc1ncc(CN2CCNCC2)n1C. The first-order chi connectivity index (χ1) is 6.77. The molecule has 1 aliphatic rings. The summed E-state index contributed by atoms with van der Waals surface area (Å²) in [5.41, 5.74) is 1.31. The van der Waals surface area contributed by atoms with E-state index in [-0.39, 0.29) is 0 Å². The van der Waals surface area contributed by atoms with Crippen LogP contribution in [0, 0.1) is 6.92 Å². The summed E-state index contributed by atoms with van der Waals surface area (Å²) in [6.07, 6.45) is 1.98. The van der Waals surface area contributed by atoms with Crippen LogP contribution in [0.25, 0.3) is 0 Å². The van der Waals surface area contributed by atoms with Gasteiger partial charge in [-0.3, -0.25) is 4.90 Å². The topological polar surface area (TPSA) is 33.1 Å². The monoisotopic (exact) mass is 194 g/mol. The highest BCUT2D eigenvalue weighted by Crippen LogP contribution is 2.06. The molecule has 0 unspecified atom stereocenters. The van der Waals surface area contributed by atoms with Gasteiger partial charge in [0, 0.05) is 46.0 Å². The molecule has 14 heavy (non-hydrogen) atoms. The second-order valence-corrected chi connectivity index (χ2v) is 3.88. The van der Waals surface area contributed by atoms with Crippen molar-refractivity contribution in [2.75, 3.05) is 26.2 Å². The highest BCUT2D eigenvalue weighted by Gasteiger charge is 2.12. The summed E-state index contributed by atoms with van der Waals surface area (Å²) in [6.45, 7) is 7.57. The fourth-order valence-corrected chi connectivity index (χ4v) is 1.79. The van der Waals surface area contributed by atoms with Gasteiger partial charge >= 0.3 is 0 Å². The molecule has 1 aromatic heterocycles. The summed E-state index contributed by atoms with van der Waals surface area (Å²) in [5.74, 6) is 1.09. The zero-order valence-electron chi connectivity index (χ0n) is 8.95. The molecule has 2 heterocycles. The average molecular weight is 194 g/mol. The molecule has 0 amide bonds. The van der Waals surface area contributed by atoms with Crippen LogP contribution in [0.4, 0.5) is 0 Å². The van der Waals surface area contributed by atoms with Crippen LogP contribution in [0.5, 0.6) is 0 Å². The molecule has 78 valence electrons. The molecular formula is C10H18N4. The maximum absolute atomic E-state index is 4.30. The molecular weight excluding hydrogens is 176 g/mol. The fourth-order valence-electron chi connectivity index (χ4n) is 1.79. The third kappa shape index (κ3) is 1.96. The number of hydrogen-bond donors (Lipinski definition) is 1. The van der Waals surface area contributed by atoms with Crippen LogP contribution < -0.4 is 5.32 Å². The molecule has 0 aliphatic carbocycles. The van der Waals surface area contributed by atoms with Gasteiger partial charge < -0.3 is 9.88 Å². The van der Waals surface area contributed by atoms with Crippen LogP contribution >= 0.6 is 0 Å². The van der Waals surface area contributed by atoms with Crippen LogP contribution in [-0.4, -0.2) is 40.6 Å². The number of piperazine rings is 1. The lowest BCUT2D eigenvalue weighted by Gasteiger charge is -2.27. The fraction of sp³-hybridized carbons (Fsp3) is 0.700. The Kier molecular flexibility index (Phi) is 2.84. The van der Waals surface area contributed by atoms with Gasteiger partial charge in [-0.1, -0.05) is 0 Å². The number of aryl methyl sites for hydroxylation is 1. The maximum Gasteiger partial charge on any atom is 0.105 e. The molecule has 4 heteroatoms. The lowest BCUT2D eigenvalue weighted by molar-refractivity contribution is 0.228. The number of nitrogens with zero attached hydrogens (tertiary/aromatic N) is 3. The summed E-state index contributed by atoms with van der Waals surface area (Å²) < 4.78 is 2.17. The molecule has 1 N–H and O–H groups in total. The Hall–Kier alpha value is -0.870. The molecule has 0 bridgehead atoms. The summed E-state index contributed by atoms with van der Waals surface area (Å²) in [5, 5.41) is 3.36. The molecule has 1 fully saturated rings. The number of aromatic nitrogens is 2. The average Bonchev–Trinajstić information content (AvgIpc) is 2.52. The molecule has 2 rings (SSSR count). The van der Waals surface area contributed by atoms with E-state index in [1.165, 1.54) is 5.69 Å². The van der Waals surface area contributed by atoms with E-state index in [1.54, 1.807) is 0 Å². The maximum atomic E-state index is 4.30. The highest BCUT2D eigenvalue weighted by molar-refractivity contribution is 5.03. The van der Waals surface area contributed by atoms with E-state index < -0.39 is 0 Å². The third-order valence-corrected chi connectivity index (χ3v) is 2.91. The van der Waals surface area contributed by atoms with E-state index in [9.17, 15) is 0 Å². The smallest absolute Gasteiger partial charge is 0.105 e. The van der Waals surface area contributed by atoms with E-state index in [2.05, 4.69) is 26.8 Å². The predicted molar refractivity (Wildman–Crippen MR) is 56.1 cm³/mol. The Labute approximate surface area is 84.9 Å². The standard InChI is InChI=1S/C10H18N4/c1-9-12-7-10(13(9)2)8-14-5-3-11-4-6-14/h7,11H,3-6,8H2,1-2H3. The van der Waals surface area contributed by atoms with Crippen molar-refractivity contribution in [3.63, 3.8) is 0 Å². The van der Waals surface area contributed by atoms with Crippen LogP contribution in [0.3, 0.4) is 0 Å². The van der Waals surface area contributed by atoms with Gasteiger partial charge in [0.25, 0.3) is 0 Å². The highest BCUT2D eigenvalue weighted by atomic mass is 15.2. The Bertz CT molecular complexity index is 299. The van der Waals surface area contributed by atoms with Crippen molar-refractivity contribution in [3.05, 3.63) is 17.7 Å². The minimum atomic E-state index is 1.03. The van der Waals surface area contributed by atoms with Crippen molar-refractivity contribution in [1.29, 1.82) is 0 Å². The Morgan fingerprint density at radius 2 is 2.14 bits per heavy atom. The first-order valence-electron chi connectivity index (χ1n) is 5.17. The summed E-state index contributed by atoms with van der Waals surface area (Å²) in [7, 11) is 2.08. The van der Waals surface area contributed by atoms with Crippen LogP contribution in [0.2, 0.25) is 0 Å². The largest absolute Gasteiger partial charge is 0.334 e. The third-order valence-electron chi connectivity index (χ3n) is 2.91. The van der Waals surface area contributed by atoms with Gasteiger partial charge in [-0.2, -0.15) is 0 Å². The van der Waals surface area contributed by atoms with Crippen molar-refractivity contribution < 1.29 is 0 Å². The van der Waals surface area contributed by atoms with Crippen LogP contribution in [0.15, 0.2) is 6.20 Å². The minimum Gasteiger partial charge on any atom is -0.334 e. The Morgan fingerprint density at radius 3 is 2.71 bits per heavy atom. The Morgan fingerprint density at radius 1 is 1.43 bits per heavy atom. The van der Waals surface area contributed by atoms with Gasteiger partial charge in [-0.25, -0.2) is 4.98 Å². The van der Waals surface area contributed by atoms with Gasteiger partial charge in [-0.05, 0) is 6.92 Å². The quantitative estimate of drug-likeness (QED) is 0.726. The van der Waals surface area contributed by atoms with E-state index in [4.69, 9.17) is 0 Å². The number of nitrogens with one attached hydrogen (secondary N) is 1. The number of imidazole rings is 1. The van der Waals surface area contributed by atoms with Crippen molar-refractivity contribution in [1.82, 2.24) is 19.8 Å². The second kappa shape index (κ2) is 4.11. The van der Waals surface area contributed by atoms with Crippen molar-refractivity contribution in [2.24, 2.45) is 7.05 Å². The van der Waals surface area contributed by atoms with Gasteiger partial charge in [0.1, 0.15) is 5.82 Å². The van der Waals surface area contributed by atoms with E-state index in [0.29, 0.717) is 0 Å². The molecule has 0 atom stereocenters. The van der Waals surface area contributed by atoms with Crippen LogP contribution in [0.1, 0.15) is 11.5 Å². The zero-order chi connectivity index (χ0) is 9.97. The molecule has 0 spiro atoms. The lowest BCUT2D eigenvalue weighted by atomic mass is 10.3. The summed E-state index contributed by atoms with van der Waals surface area (Å²) in [4.78, 5) is 6.77. The molecule has 0 aromatic carbocycles. The molecule has 1 aliphatic heterocycles. The summed E-state index contributed by atoms with van der Waals surface area (Å²) >= 11 is 0. The lowest BCUT2D eigenvalue weighted by Crippen LogP contribution is -2.43. The van der Waals surface area contributed by atoms with E-state index >= 15 is 0 Å². The van der Waals surface area contributed by atoms with Crippen molar-refractivity contribution >= 4 is 0 Å². The van der Waals surface area contributed by atoms with Crippen molar-refractivity contribution in [2.45, 2.75) is 13.5 Å². The first-order valence-corrected chi connectivity index (χ1v) is 5.17. The molecule has 0 saturated carbocycles. The number of rotatable bonds is 2. The molecule has 4 nitrogen and oxygen atoms in total.